The fraction of sp³-hybridized carbons (Fsp3) is 0.560. The summed E-state index contributed by atoms with van der Waals surface area (Å²) in [7, 11) is -3.20. The van der Waals surface area contributed by atoms with E-state index in [1.54, 1.807) is 0 Å². The van der Waals surface area contributed by atoms with Crippen LogP contribution >= 0.6 is 0 Å². The summed E-state index contributed by atoms with van der Waals surface area (Å²) in [6.45, 7) is 5.55. The van der Waals surface area contributed by atoms with Crippen molar-refractivity contribution in [3.8, 4) is 0 Å². The number of rotatable bonds is 18. The number of likely N-dealkylation sites (N-methyl/N-ethyl adjacent to an activating group) is 1. The second-order valence-corrected chi connectivity index (χ2v) is 10.4. The van der Waals surface area contributed by atoms with Crippen molar-refractivity contribution in [1.82, 2.24) is 21.3 Å². The van der Waals surface area contributed by atoms with Crippen LogP contribution in [0.5, 0.6) is 0 Å². The van der Waals surface area contributed by atoms with Gasteiger partial charge in [-0.1, -0.05) is 20.3 Å². The molecule has 0 aliphatic rings. The third-order valence-corrected chi connectivity index (χ3v) is 6.07. The first-order valence-electron chi connectivity index (χ1n) is 13.1. The summed E-state index contributed by atoms with van der Waals surface area (Å²) in [5.74, 6) is -4.75. The lowest BCUT2D eigenvalue weighted by Gasteiger charge is -2.19. The third-order valence-electron chi connectivity index (χ3n) is 5.32. The van der Waals surface area contributed by atoms with Crippen LogP contribution in [0.2, 0.25) is 0 Å². The molecule has 0 aliphatic heterocycles. The van der Waals surface area contributed by atoms with Crippen molar-refractivity contribution in [2.75, 3.05) is 37.8 Å². The van der Waals surface area contributed by atoms with E-state index in [0.717, 1.165) is 43.6 Å². The fourth-order valence-electron chi connectivity index (χ4n) is 3.07. The Morgan fingerprint density at radius 2 is 1.59 bits per heavy atom. The highest BCUT2D eigenvalue weighted by molar-refractivity contribution is 7.85. The predicted octanol–water partition coefficient (Wildman–Crippen LogP) is -0.548. The lowest BCUT2D eigenvalue weighted by Crippen LogP contribution is -2.52. The quantitative estimate of drug-likeness (QED) is 0.0782. The molecule has 2 unspecified atom stereocenters. The summed E-state index contributed by atoms with van der Waals surface area (Å²) in [4.78, 5) is 56.6. The van der Waals surface area contributed by atoms with Crippen molar-refractivity contribution < 1.29 is 42.0 Å². The van der Waals surface area contributed by atoms with E-state index in [-0.39, 0.29) is 18.7 Å². The van der Waals surface area contributed by atoms with Gasteiger partial charge in [-0.25, -0.2) is 4.79 Å². The number of carboxylic acid groups (broad SMARTS) is 1. The van der Waals surface area contributed by atoms with E-state index in [1.807, 2.05) is 24.3 Å². The van der Waals surface area contributed by atoms with Crippen LogP contribution < -0.4 is 32.3 Å². The number of nitrogens with one attached hydrogen (secondary N) is 5. The van der Waals surface area contributed by atoms with Gasteiger partial charge in [0, 0.05) is 30.8 Å². The molecule has 2 atom stereocenters. The first kappa shape index (κ1) is 37.2. The molecule has 0 bridgehead atoms. The Labute approximate surface area is 240 Å². The molecule has 0 saturated heterocycles. The minimum atomic E-state index is -4.46. The summed E-state index contributed by atoms with van der Waals surface area (Å²) in [6.07, 6.45) is 2.61. The maximum absolute atomic E-state index is 11.9. The number of carbonyl (C=O) groups excluding carboxylic acids is 4. The standard InChI is InChI=1S/C14H22N2O.C11H20N4O8S/c1-3-5-11-16-14(17)12-6-8-13(9-7-12)15-10-4-2;1-13-7(5-24(21,22)23)10(18)15-6(11(19)20)2-3-9(17)14-4-8(12)16/h6-9,15H,3-5,10-11H2,1-2H3,(H,16,17);6-7,13H,2-5H2,1H3,(H2,12,16)(H,14,17)(H,15,18)(H,19,20)(H,21,22,23). The SMILES string of the molecule is CCCCNC(=O)c1ccc(NCCC)cc1.CNC(CS(=O)(=O)O)C(=O)NC(CCC(=O)NCC(N)=O)C(=O)O. The van der Waals surface area contributed by atoms with Crippen LogP contribution in [0.25, 0.3) is 0 Å². The van der Waals surface area contributed by atoms with Gasteiger partial charge in [-0.15, -0.1) is 0 Å². The van der Waals surface area contributed by atoms with Gasteiger partial charge < -0.3 is 37.4 Å². The van der Waals surface area contributed by atoms with Gasteiger partial charge in [0.05, 0.1) is 12.3 Å². The van der Waals surface area contributed by atoms with Gasteiger partial charge >= 0.3 is 5.97 Å². The van der Waals surface area contributed by atoms with Gasteiger partial charge in [0.2, 0.25) is 17.7 Å². The van der Waals surface area contributed by atoms with Crippen molar-refractivity contribution >= 4 is 45.4 Å². The van der Waals surface area contributed by atoms with Crippen molar-refractivity contribution in [3.63, 3.8) is 0 Å². The monoisotopic (exact) mass is 602 g/mol. The summed E-state index contributed by atoms with van der Waals surface area (Å²) < 4.78 is 30.3. The van der Waals surface area contributed by atoms with E-state index in [9.17, 15) is 32.4 Å². The van der Waals surface area contributed by atoms with Gasteiger partial charge in [-0.2, -0.15) is 8.42 Å². The van der Waals surface area contributed by atoms with Crippen LogP contribution in [-0.4, -0.2) is 92.2 Å². The van der Waals surface area contributed by atoms with Gasteiger partial charge in [0.15, 0.2) is 0 Å². The molecule has 4 amide bonds. The molecule has 0 fully saturated rings. The molecule has 1 aromatic rings. The van der Waals surface area contributed by atoms with Gasteiger partial charge in [-0.05, 0) is 50.6 Å². The lowest BCUT2D eigenvalue weighted by molar-refractivity contribution is -0.142. The van der Waals surface area contributed by atoms with E-state index >= 15 is 0 Å². The van der Waals surface area contributed by atoms with Crippen LogP contribution in [0.1, 0.15) is 56.3 Å². The second kappa shape index (κ2) is 20.2. The largest absolute Gasteiger partial charge is 0.480 e. The van der Waals surface area contributed by atoms with Crippen molar-refractivity contribution in [1.29, 1.82) is 0 Å². The summed E-state index contributed by atoms with van der Waals surface area (Å²) in [5, 5.41) is 21.8. The number of anilines is 1. The van der Waals surface area contributed by atoms with E-state index in [2.05, 4.69) is 40.4 Å². The smallest absolute Gasteiger partial charge is 0.326 e. The van der Waals surface area contributed by atoms with E-state index in [0.29, 0.717) is 0 Å². The van der Waals surface area contributed by atoms with Gasteiger partial charge in [0.25, 0.3) is 16.0 Å². The maximum atomic E-state index is 11.9. The first-order chi connectivity index (χ1) is 19.2. The molecule has 1 aromatic carbocycles. The molecular weight excluding hydrogens is 560 g/mol. The average Bonchev–Trinajstić information content (AvgIpc) is 2.91. The molecule has 0 aromatic heterocycles. The number of primary amides is 1. The highest BCUT2D eigenvalue weighted by atomic mass is 32.2. The van der Waals surface area contributed by atoms with E-state index in [4.69, 9.17) is 15.4 Å². The molecule has 0 radical (unpaired) electrons. The molecule has 1 rings (SSSR count). The molecular formula is C25H42N6O9S. The fourth-order valence-corrected chi connectivity index (χ4v) is 3.81. The zero-order valence-electron chi connectivity index (χ0n) is 23.6. The zero-order valence-corrected chi connectivity index (χ0v) is 24.4. The van der Waals surface area contributed by atoms with Crippen LogP contribution in [-0.2, 0) is 29.3 Å². The number of hydrogen-bond acceptors (Lipinski definition) is 9. The third kappa shape index (κ3) is 18.3. The molecule has 0 saturated carbocycles. The van der Waals surface area contributed by atoms with Crippen LogP contribution in [0.15, 0.2) is 24.3 Å². The number of nitrogens with two attached hydrogens (primary N) is 1. The Morgan fingerprint density at radius 1 is 0.951 bits per heavy atom. The van der Waals surface area contributed by atoms with E-state index in [1.165, 1.54) is 7.05 Å². The van der Waals surface area contributed by atoms with Crippen LogP contribution in [0, 0.1) is 0 Å². The maximum Gasteiger partial charge on any atom is 0.326 e. The van der Waals surface area contributed by atoms with Crippen molar-refractivity contribution in [3.05, 3.63) is 29.8 Å². The number of aliphatic carboxylic acids is 1. The molecule has 0 spiro atoms. The van der Waals surface area contributed by atoms with Crippen LogP contribution in [0.3, 0.4) is 0 Å². The Morgan fingerprint density at radius 3 is 2.07 bits per heavy atom. The topological polar surface area (TPSA) is 246 Å². The van der Waals surface area contributed by atoms with Gasteiger partial charge in [-0.3, -0.25) is 23.7 Å². The van der Waals surface area contributed by atoms with Crippen molar-refractivity contribution in [2.45, 2.75) is 58.0 Å². The normalized spacial score (nSPS) is 12.1. The van der Waals surface area contributed by atoms with Crippen LogP contribution in [0.4, 0.5) is 5.69 Å². The Bertz CT molecular complexity index is 1100. The predicted molar refractivity (Wildman–Crippen MR) is 153 cm³/mol. The van der Waals surface area contributed by atoms with E-state index < -0.39 is 58.2 Å². The summed E-state index contributed by atoms with van der Waals surface area (Å²) in [6, 6.07) is 4.78. The number of hydrogen-bond donors (Lipinski definition) is 8. The Balaban J connectivity index is 0.000000825. The number of benzene rings is 1. The Kier molecular flexibility index (Phi) is 18.3. The zero-order chi connectivity index (χ0) is 31.4. The average molecular weight is 603 g/mol. The number of carboxylic acids is 1. The van der Waals surface area contributed by atoms with Crippen molar-refractivity contribution in [2.24, 2.45) is 5.73 Å². The molecule has 0 heterocycles. The minimum Gasteiger partial charge on any atom is -0.480 e. The Hall–Kier alpha value is -3.76. The molecule has 9 N–H and O–H groups in total. The minimum absolute atomic E-state index is 0.0143. The number of carbonyl (C=O) groups is 5. The molecule has 16 heteroatoms. The highest BCUT2D eigenvalue weighted by Crippen LogP contribution is 2.09. The molecule has 0 aliphatic carbocycles. The first-order valence-corrected chi connectivity index (χ1v) is 14.7. The van der Waals surface area contributed by atoms with Gasteiger partial charge in [0.1, 0.15) is 12.1 Å². The number of amides is 4. The number of unbranched alkanes of at least 4 members (excludes halogenated alkanes) is 1. The summed E-state index contributed by atoms with van der Waals surface area (Å²) in [5.41, 5.74) is 6.62. The summed E-state index contributed by atoms with van der Waals surface area (Å²) >= 11 is 0. The second-order valence-electron chi connectivity index (χ2n) is 8.88. The highest BCUT2D eigenvalue weighted by Gasteiger charge is 2.27. The lowest BCUT2D eigenvalue weighted by atomic mass is 10.1. The molecule has 232 valence electrons. The molecule has 41 heavy (non-hydrogen) atoms. The molecule has 15 nitrogen and oxygen atoms in total.